The van der Waals surface area contributed by atoms with Crippen LogP contribution in [-0.2, 0) is 0 Å². The Kier molecular flexibility index (Phi) is 4.68. The molecule has 1 amide bonds. The maximum Gasteiger partial charge on any atom is 0.256 e. The fraction of sp³-hybridized carbons (Fsp3) is 0.455. The number of amides is 1. The quantitative estimate of drug-likeness (QED) is 0.763. The second kappa shape index (κ2) is 5.80. The number of rotatable bonds is 4. The van der Waals surface area contributed by atoms with Gasteiger partial charge in [-0.3, -0.25) is 4.79 Å². The fourth-order valence-corrected chi connectivity index (χ4v) is 1.46. The van der Waals surface area contributed by atoms with Gasteiger partial charge in [0, 0.05) is 13.6 Å². The first-order valence-electron chi connectivity index (χ1n) is 5.12. The summed E-state index contributed by atoms with van der Waals surface area (Å²) in [5.41, 5.74) is 0.111. The topological polar surface area (TPSA) is 33.2 Å². The molecule has 0 aliphatic carbocycles. The lowest BCUT2D eigenvalue weighted by molar-refractivity contribution is 0.0792. The van der Waals surface area contributed by atoms with Gasteiger partial charge in [-0.25, -0.2) is 9.37 Å². The van der Waals surface area contributed by atoms with E-state index in [0.717, 1.165) is 25.1 Å². The van der Waals surface area contributed by atoms with Gasteiger partial charge in [-0.1, -0.05) is 24.9 Å². The van der Waals surface area contributed by atoms with E-state index < -0.39 is 5.82 Å². The zero-order valence-corrected chi connectivity index (χ0v) is 10.1. The van der Waals surface area contributed by atoms with Gasteiger partial charge in [0.1, 0.15) is 11.0 Å². The number of hydrogen-bond acceptors (Lipinski definition) is 2. The largest absolute Gasteiger partial charge is 0.342 e. The first kappa shape index (κ1) is 12.9. The van der Waals surface area contributed by atoms with Crippen LogP contribution < -0.4 is 0 Å². The molecule has 5 heteroatoms. The molecule has 0 fully saturated rings. The van der Waals surface area contributed by atoms with Crippen molar-refractivity contribution >= 4 is 17.5 Å². The van der Waals surface area contributed by atoms with Crippen LogP contribution in [0.15, 0.2) is 12.3 Å². The van der Waals surface area contributed by atoms with E-state index in [9.17, 15) is 9.18 Å². The highest BCUT2D eigenvalue weighted by Crippen LogP contribution is 2.15. The summed E-state index contributed by atoms with van der Waals surface area (Å²) in [4.78, 5) is 17.0. The van der Waals surface area contributed by atoms with Crippen LogP contribution in [0.25, 0.3) is 0 Å². The van der Waals surface area contributed by atoms with Gasteiger partial charge in [0.2, 0.25) is 0 Å². The minimum Gasteiger partial charge on any atom is -0.342 e. The lowest BCUT2D eigenvalue weighted by atomic mass is 10.2. The molecular formula is C11H14ClFN2O. The van der Waals surface area contributed by atoms with Gasteiger partial charge in [-0.05, 0) is 12.5 Å². The molecule has 88 valence electrons. The van der Waals surface area contributed by atoms with Crippen molar-refractivity contribution in [1.29, 1.82) is 0 Å². The molecule has 0 unspecified atom stereocenters. The van der Waals surface area contributed by atoms with E-state index in [1.165, 1.54) is 4.90 Å². The summed E-state index contributed by atoms with van der Waals surface area (Å²) in [6, 6.07) is 1.11. The van der Waals surface area contributed by atoms with E-state index >= 15 is 0 Å². The van der Waals surface area contributed by atoms with Crippen molar-refractivity contribution in [3.63, 3.8) is 0 Å². The average molecular weight is 245 g/mol. The van der Waals surface area contributed by atoms with Gasteiger partial charge < -0.3 is 4.90 Å². The Morgan fingerprint density at radius 2 is 2.31 bits per heavy atom. The SMILES string of the molecule is CCCCN(C)C(=O)c1cc(F)cnc1Cl. The Morgan fingerprint density at radius 3 is 2.94 bits per heavy atom. The van der Waals surface area contributed by atoms with Crippen LogP contribution in [0.5, 0.6) is 0 Å². The maximum atomic E-state index is 12.9. The predicted octanol–water partition coefficient (Wildman–Crippen LogP) is 2.75. The third-order valence-electron chi connectivity index (χ3n) is 2.23. The Hall–Kier alpha value is -1.16. The number of pyridine rings is 1. The number of carbonyl (C=O) groups is 1. The summed E-state index contributed by atoms with van der Waals surface area (Å²) in [5, 5.41) is 0.0368. The van der Waals surface area contributed by atoms with Crippen LogP contribution in [0.1, 0.15) is 30.1 Å². The molecule has 0 aliphatic rings. The van der Waals surface area contributed by atoms with E-state index in [-0.39, 0.29) is 16.6 Å². The molecule has 0 aliphatic heterocycles. The van der Waals surface area contributed by atoms with E-state index in [2.05, 4.69) is 4.98 Å². The summed E-state index contributed by atoms with van der Waals surface area (Å²) >= 11 is 5.74. The molecule has 0 atom stereocenters. The summed E-state index contributed by atoms with van der Waals surface area (Å²) in [6.07, 6.45) is 2.89. The Morgan fingerprint density at radius 1 is 1.62 bits per heavy atom. The third kappa shape index (κ3) is 3.17. The number of carbonyl (C=O) groups excluding carboxylic acids is 1. The fourth-order valence-electron chi connectivity index (χ4n) is 1.28. The van der Waals surface area contributed by atoms with Crippen LogP contribution in [0.4, 0.5) is 4.39 Å². The third-order valence-corrected chi connectivity index (χ3v) is 2.53. The molecule has 0 aromatic carbocycles. The van der Waals surface area contributed by atoms with Crippen LogP contribution in [0.3, 0.4) is 0 Å². The average Bonchev–Trinajstić information content (AvgIpc) is 2.28. The highest BCUT2D eigenvalue weighted by atomic mass is 35.5. The summed E-state index contributed by atoms with van der Waals surface area (Å²) in [5.74, 6) is -0.859. The van der Waals surface area contributed by atoms with E-state index in [1.807, 2.05) is 6.92 Å². The summed E-state index contributed by atoms with van der Waals surface area (Å²) in [7, 11) is 1.67. The van der Waals surface area contributed by atoms with Crippen LogP contribution in [0.2, 0.25) is 5.15 Å². The predicted molar refractivity (Wildman–Crippen MR) is 61.1 cm³/mol. The van der Waals surface area contributed by atoms with E-state index in [4.69, 9.17) is 11.6 Å². The number of unbranched alkanes of at least 4 members (excludes halogenated alkanes) is 1. The molecule has 0 radical (unpaired) electrons. The number of halogens is 2. The first-order valence-corrected chi connectivity index (χ1v) is 5.50. The van der Waals surface area contributed by atoms with Crippen LogP contribution >= 0.6 is 11.6 Å². The van der Waals surface area contributed by atoms with Gasteiger partial charge >= 0.3 is 0 Å². The van der Waals surface area contributed by atoms with Gasteiger partial charge in [-0.2, -0.15) is 0 Å². The first-order chi connectivity index (χ1) is 7.56. The minimum absolute atomic E-state index is 0.0368. The highest BCUT2D eigenvalue weighted by molar-refractivity contribution is 6.32. The Bertz CT molecular complexity index is 384. The maximum absolute atomic E-state index is 12.9. The van der Waals surface area contributed by atoms with Crippen molar-refractivity contribution in [3.05, 3.63) is 28.8 Å². The standard InChI is InChI=1S/C11H14ClFN2O/c1-3-4-5-15(2)11(16)9-6-8(13)7-14-10(9)12/h6-7H,3-5H2,1-2H3. The molecule has 1 aromatic rings. The lowest BCUT2D eigenvalue weighted by Gasteiger charge is -2.17. The van der Waals surface area contributed by atoms with Crippen molar-refractivity contribution in [2.24, 2.45) is 0 Å². The molecule has 1 rings (SSSR count). The van der Waals surface area contributed by atoms with Crippen molar-refractivity contribution in [1.82, 2.24) is 9.88 Å². The molecule has 0 saturated carbocycles. The van der Waals surface area contributed by atoms with E-state index in [1.54, 1.807) is 7.05 Å². The van der Waals surface area contributed by atoms with Crippen LogP contribution in [0, 0.1) is 5.82 Å². The molecule has 0 N–H and O–H groups in total. The minimum atomic E-state index is -0.559. The second-order valence-corrected chi connectivity index (χ2v) is 3.93. The molecule has 0 spiro atoms. The number of hydrogen-bond donors (Lipinski definition) is 0. The van der Waals surface area contributed by atoms with Gasteiger partial charge in [0.25, 0.3) is 5.91 Å². The van der Waals surface area contributed by atoms with Crippen molar-refractivity contribution < 1.29 is 9.18 Å². The highest BCUT2D eigenvalue weighted by Gasteiger charge is 2.16. The van der Waals surface area contributed by atoms with Gasteiger partial charge in [-0.15, -0.1) is 0 Å². The van der Waals surface area contributed by atoms with Gasteiger partial charge in [0.05, 0.1) is 11.8 Å². The Balaban J connectivity index is 2.83. The van der Waals surface area contributed by atoms with Crippen molar-refractivity contribution in [2.75, 3.05) is 13.6 Å². The van der Waals surface area contributed by atoms with Crippen molar-refractivity contribution in [3.8, 4) is 0 Å². The van der Waals surface area contributed by atoms with E-state index in [0.29, 0.717) is 6.54 Å². The van der Waals surface area contributed by atoms with Gasteiger partial charge in [0.15, 0.2) is 0 Å². The second-order valence-electron chi connectivity index (χ2n) is 3.57. The molecule has 0 saturated heterocycles. The zero-order chi connectivity index (χ0) is 12.1. The molecule has 1 heterocycles. The number of nitrogens with zero attached hydrogens (tertiary/aromatic N) is 2. The molecule has 16 heavy (non-hydrogen) atoms. The molecular weight excluding hydrogens is 231 g/mol. The smallest absolute Gasteiger partial charge is 0.256 e. The molecule has 1 aromatic heterocycles. The normalized spacial score (nSPS) is 10.2. The molecule has 3 nitrogen and oxygen atoms in total. The van der Waals surface area contributed by atoms with Crippen molar-refractivity contribution in [2.45, 2.75) is 19.8 Å². The van der Waals surface area contributed by atoms with Crippen LogP contribution in [-0.4, -0.2) is 29.4 Å². The monoisotopic (exact) mass is 244 g/mol. The Labute approximate surface area is 99.2 Å². The number of aromatic nitrogens is 1. The lowest BCUT2D eigenvalue weighted by Crippen LogP contribution is -2.28. The summed E-state index contributed by atoms with van der Waals surface area (Å²) in [6.45, 7) is 2.66. The molecule has 0 bridgehead atoms. The summed E-state index contributed by atoms with van der Waals surface area (Å²) < 4.78 is 12.9. The zero-order valence-electron chi connectivity index (χ0n) is 9.33.